The van der Waals surface area contributed by atoms with Crippen LogP contribution in [0.25, 0.3) is 11.0 Å². The molecule has 0 saturated heterocycles. The molecule has 80 valence electrons. The maximum atomic E-state index is 5.78. The van der Waals surface area contributed by atoms with E-state index in [4.69, 9.17) is 17.3 Å². The summed E-state index contributed by atoms with van der Waals surface area (Å²) in [5, 5.41) is 5.28. The molecule has 2 rings (SSSR count). The van der Waals surface area contributed by atoms with E-state index >= 15 is 0 Å². The van der Waals surface area contributed by atoms with Gasteiger partial charge in [-0.05, 0) is 48.0 Å². The predicted molar refractivity (Wildman–Crippen MR) is 67.8 cm³/mol. The molecule has 0 aromatic carbocycles. The summed E-state index contributed by atoms with van der Waals surface area (Å²) in [6.07, 6.45) is 0. The smallest absolute Gasteiger partial charge is 0.226 e. The van der Waals surface area contributed by atoms with Crippen LogP contribution >= 0.6 is 34.2 Å². The first-order valence-corrected chi connectivity index (χ1v) is 5.83. The van der Waals surface area contributed by atoms with Crippen LogP contribution in [0.3, 0.4) is 0 Å². The number of hydrogen-bond acceptors (Lipinski definition) is 4. The van der Waals surface area contributed by atoms with Gasteiger partial charge < -0.3 is 5.73 Å². The summed E-state index contributed by atoms with van der Waals surface area (Å²) in [6.45, 7) is 4.05. The number of fused-ring (bicyclic) bond motifs is 1. The fourth-order valence-electron chi connectivity index (χ4n) is 1.35. The van der Waals surface area contributed by atoms with Gasteiger partial charge in [-0.2, -0.15) is 10.1 Å². The van der Waals surface area contributed by atoms with Crippen LogP contribution in [-0.4, -0.2) is 19.7 Å². The number of nitrogens with two attached hydrogens (primary N) is 1. The SMILES string of the molecule is CC(C)n1nc(I)c2c(N)nc(Cl)nc21. The number of nitrogens with zero attached hydrogens (tertiary/aromatic N) is 4. The van der Waals surface area contributed by atoms with Gasteiger partial charge in [-0.25, -0.2) is 9.67 Å². The molecule has 15 heavy (non-hydrogen) atoms. The molecule has 5 nitrogen and oxygen atoms in total. The molecule has 0 amide bonds. The minimum atomic E-state index is 0.151. The fraction of sp³-hybridized carbons (Fsp3) is 0.375. The second-order valence-electron chi connectivity index (χ2n) is 3.41. The zero-order valence-electron chi connectivity index (χ0n) is 8.20. The topological polar surface area (TPSA) is 69.6 Å². The zero-order valence-corrected chi connectivity index (χ0v) is 11.1. The fourth-order valence-corrected chi connectivity index (χ4v) is 2.27. The van der Waals surface area contributed by atoms with Crippen molar-refractivity contribution in [3.8, 4) is 0 Å². The van der Waals surface area contributed by atoms with E-state index < -0.39 is 0 Å². The lowest BCUT2D eigenvalue weighted by atomic mass is 10.3. The second kappa shape index (κ2) is 3.75. The Balaban J connectivity index is 2.87. The summed E-state index contributed by atoms with van der Waals surface area (Å²) < 4.78 is 2.59. The van der Waals surface area contributed by atoms with E-state index in [-0.39, 0.29) is 11.3 Å². The Morgan fingerprint density at radius 1 is 1.40 bits per heavy atom. The Morgan fingerprint density at radius 2 is 2.07 bits per heavy atom. The van der Waals surface area contributed by atoms with Crippen LogP contribution in [0.5, 0.6) is 0 Å². The van der Waals surface area contributed by atoms with Crippen molar-refractivity contribution >= 4 is 51.0 Å². The Kier molecular flexibility index (Phi) is 2.72. The lowest BCUT2D eigenvalue weighted by Gasteiger charge is -2.05. The summed E-state index contributed by atoms with van der Waals surface area (Å²) in [4.78, 5) is 8.06. The standard InChI is InChI=1S/C8H9ClIN5/c1-3(2)15-7-4(5(10)14-15)6(11)12-8(9)13-7/h3H,1-2H3,(H2,11,12,13). The molecular formula is C8H9ClIN5. The molecule has 0 aliphatic heterocycles. The Labute approximate surface area is 105 Å². The third-order valence-electron chi connectivity index (χ3n) is 2.00. The largest absolute Gasteiger partial charge is 0.383 e. The Bertz CT molecular complexity index is 521. The summed E-state index contributed by atoms with van der Waals surface area (Å²) in [5.74, 6) is 0.376. The monoisotopic (exact) mass is 337 g/mol. The summed E-state index contributed by atoms with van der Waals surface area (Å²) in [6, 6.07) is 0.210. The van der Waals surface area contributed by atoms with Crippen LogP contribution in [0, 0.1) is 3.70 Å². The molecule has 0 aliphatic rings. The average Bonchev–Trinajstić information content (AvgIpc) is 2.42. The van der Waals surface area contributed by atoms with Gasteiger partial charge in [-0.1, -0.05) is 0 Å². The highest BCUT2D eigenvalue weighted by Crippen LogP contribution is 2.26. The van der Waals surface area contributed by atoms with Gasteiger partial charge in [0.25, 0.3) is 0 Å². The molecule has 0 spiro atoms. The van der Waals surface area contributed by atoms with E-state index in [2.05, 4.69) is 37.7 Å². The lowest BCUT2D eigenvalue weighted by Crippen LogP contribution is -2.04. The molecule has 0 fully saturated rings. The molecule has 2 N–H and O–H groups in total. The maximum absolute atomic E-state index is 5.78. The van der Waals surface area contributed by atoms with Gasteiger partial charge in [-0.3, -0.25) is 0 Å². The molecule has 0 bridgehead atoms. The number of hydrogen-bond donors (Lipinski definition) is 1. The van der Waals surface area contributed by atoms with Crippen molar-refractivity contribution in [1.29, 1.82) is 0 Å². The summed E-state index contributed by atoms with van der Waals surface area (Å²) >= 11 is 7.88. The van der Waals surface area contributed by atoms with Crippen molar-refractivity contribution in [1.82, 2.24) is 19.7 Å². The van der Waals surface area contributed by atoms with Crippen molar-refractivity contribution in [2.24, 2.45) is 0 Å². The first kappa shape index (κ1) is 10.9. The van der Waals surface area contributed by atoms with Gasteiger partial charge in [0.05, 0.1) is 5.39 Å². The summed E-state index contributed by atoms with van der Waals surface area (Å²) in [5.41, 5.74) is 6.46. The van der Waals surface area contributed by atoms with E-state index in [1.54, 1.807) is 4.68 Å². The molecule has 2 aromatic heterocycles. The van der Waals surface area contributed by atoms with Crippen LogP contribution in [0.4, 0.5) is 5.82 Å². The molecule has 7 heteroatoms. The molecule has 0 unspecified atom stereocenters. The second-order valence-corrected chi connectivity index (χ2v) is 4.77. The number of halogens is 2. The van der Waals surface area contributed by atoms with Crippen LogP contribution < -0.4 is 5.73 Å². The van der Waals surface area contributed by atoms with E-state index in [1.807, 2.05) is 13.8 Å². The molecule has 2 aromatic rings. The van der Waals surface area contributed by atoms with Crippen molar-refractivity contribution in [3.05, 3.63) is 8.98 Å². The van der Waals surface area contributed by atoms with E-state index in [1.165, 1.54) is 0 Å². The van der Waals surface area contributed by atoms with E-state index in [0.29, 0.717) is 11.5 Å². The number of rotatable bonds is 1. The minimum absolute atomic E-state index is 0.151. The molecule has 0 radical (unpaired) electrons. The van der Waals surface area contributed by atoms with Crippen LogP contribution in [0.1, 0.15) is 19.9 Å². The first-order chi connectivity index (χ1) is 7.00. The first-order valence-electron chi connectivity index (χ1n) is 4.37. The number of nitrogen functional groups attached to an aromatic ring is 1. The Morgan fingerprint density at radius 3 is 2.67 bits per heavy atom. The average molecular weight is 338 g/mol. The van der Waals surface area contributed by atoms with Gasteiger partial charge in [-0.15, -0.1) is 0 Å². The van der Waals surface area contributed by atoms with E-state index in [0.717, 1.165) is 9.09 Å². The van der Waals surface area contributed by atoms with Crippen molar-refractivity contribution in [2.75, 3.05) is 5.73 Å². The van der Waals surface area contributed by atoms with Crippen LogP contribution in [0.15, 0.2) is 0 Å². The van der Waals surface area contributed by atoms with Crippen molar-refractivity contribution in [3.63, 3.8) is 0 Å². The van der Waals surface area contributed by atoms with Gasteiger partial charge in [0.2, 0.25) is 5.28 Å². The highest BCUT2D eigenvalue weighted by molar-refractivity contribution is 14.1. The Hall–Kier alpha value is -0.630. The van der Waals surface area contributed by atoms with Gasteiger partial charge in [0.15, 0.2) is 5.65 Å². The molecule has 0 aliphatic carbocycles. The molecule has 2 heterocycles. The van der Waals surface area contributed by atoms with Gasteiger partial charge in [0.1, 0.15) is 9.52 Å². The van der Waals surface area contributed by atoms with Crippen molar-refractivity contribution in [2.45, 2.75) is 19.9 Å². The normalized spacial score (nSPS) is 11.5. The maximum Gasteiger partial charge on any atom is 0.226 e. The van der Waals surface area contributed by atoms with E-state index in [9.17, 15) is 0 Å². The zero-order chi connectivity index (χ0) is 11.2. The van der Waals surface area contributed by atoms with Crippen LogP contribution in [-0.2, 0) is 0 Å². The summed E-state index contributed by atoms with van der Waals surface area (Å²) in [7, 11) is 0. The van der Waals surface area contributed by atoms with Crippen LogP contribution in [0.2, 0.25) is 5.28 Å². The highest BCUT2D eigenvalue weighted by atomic mass is 127. The van der Waals surface area contributed by atoms with Gasteiger partial charge in [0, 0.05) is 6.04 Å². The number of aromatic nitrogens is 4. The third-order valence-corrected chi connectivity index (χ3v) is 2.92. The predicted octanol–water partition coefficient (Wildman–Crippen LogP) is 2.25. The number of anilines is 1. The highest BCUT2D eigenvalue weighted by Gasteiger charge is 2.16. The molecule has 0 atom stereocenters. The van der Waals surface area contributed by atoms with Gasteiger partial charge >= 0.3 is 0 Å². The lowest BCUT2D eigenvalue weighted by molar-refractivity contribution is 0.543. The van der Waals surface area contributed by atoms with Crippen molar-refractivity contribution < 1.29 is 0 Å². The quantitative estimate of drug-likeness (QED) is 0.640. The minimum Gasteiger partial charge on any atom is -0.383 e. The molecule has 0 saturated carbocycles. The molecular weight excluding hydrogens is 328 g/mol. The third kappa shape index (κ3) is 1.76.